The second-order valence-electron chi connectivity index (χ2n) is 9.11. The van der Waals surface area contributed by atoms with Gasteiger partial charge in [0.05, 0.1) is 12.2 Å². The first kappa shape index (κ1) is 25.1. The van der Waals surface area contributed by atoms with E-state index in [0.29, 0.717) is 24.0 Å². The Morgan fingerprint density at radius 3 is 2.55 bits per heavy atom. The Hall–Kier alpha value is -4.54. The molecule has 0 saturated carbocycles. The van der Waals surface area contributed by atoms with Crippen molar-refractivity contribution < 1.29 is 27.6 Å². The molecular formula is C27H22F3N5O3. The van der Waals surface area contributed by atoms with Gasteiger partial charge in [-0.1, -0.05) is 18.2 Å². The number of hydrogen-bond donors (Lipinski definition) is 2. The summed E-state index contributed by atoms with van der Waals surface area (Å²) in [4.78, 5) is 42.0. The average molecular weight is 521 g/mol. The Bertz CT molecular complexity index is 1630. The molecule has 1 aliphatic rings. The highest BCUT2D eigenvalue weighted by atomic mass is 19.2. The van der Waals surface area contributed by atoms with Gasteiger partial charge in [0.1, 0.15) is 11.4 Å². The molecule has 2 heterocycles. The third-order valence-electron chi connectivity index (χ3n) is 6.71. The highest BCUT2D eigenvalue weighted by Gasteiger charge is 2.29. The van der Waals surface area contributed by atoms with E-state index in [1.54, 1.807) is 6.07 Å². The molecule has 38 heavy (non-hydrogen) atoms. The van der Waals surface area contributed by atoms with Crippen molar-refractivity contribution in [1.82, 2.24) is 25.2 Å². The molecule has 0 aliphatic heterocycles. The minimum atomic E-state index is -1.06. The molecule has 2 N–H and O–H groups in total. The number of aromatic nitrogens is 3. The zero-order valence-corrected chi connectivity index (χ0v) is 20.4. The topological polar surface area (TPSA) is 105 Å². The number of carbonyl (C=O) groups is 3. The average Bonchev–Trinajstić information content (AvgIpc) is 3.47. The van der Waals surface area contributed by atoms with E-state index in [1.165, 1.54) is 19.1 Å². The van der Waals surface area contributed by atoms with Gasteiger partial charge in [-0.15, -0.1) is 0 Å². The Kier molecular flexibility index (Phi) is 6.43. The first-order valence-corrected chi connectivity index (χ1v) is 11.8. The summed E-state index contributed by atoms with van der Waals surface area (Å²) in [6.07, 6.45) is 2.17. The van der Waals surface area contributed by atoms with Crippen LogP contribution in [-0.4, -0.2) is 32.2 Å². The molecule has 0 radical (unpaired) electrons. The molecule has 0 spiro atoms. The van der Waals surface area contributed by atoms with E-state index in [1.807, 2.05) is 13.0 Å². The molecule has 11 heteroatoms. The largest absolute Gasteiger partial charge is 0.347 e. The molecule has 4 aromatic rings. The van der Waals surface area contributed by atoms with Gasteiger partial charge in [-0.2, -0.15) is 5.10 Å². The lowest BCUT2D eigenvalue weighted by molar-refractivity contribution is 0.0927. The number of carbonyl (C=O) groups excluding carboxylic acids is 3. The fourth-order valence-electron chi connectivity index (χ4n) is 4.78. The Labute approximate surface area is 214 Å². The number of halogens is 3. The third-order valence-corrected chi connectivity index (χ3v) is 6.71. The summed E-state index contributed by atoms with van der Waals surface area (Å²) >= 11 is 0. The van der Waals surface area contributed by atoms with Crippen molar-refractivity contribution in [3.8, 4) is 0 Å². The van der Waals surface area contributed by atoms with Crippen molar-refractivity contribution in [2.75, 3.05) is 0 Å². The van der Waals surface area contributed by atoms with Gasteiger partial charge in [-0.25, -0.2) is 22.7 Å². The number of nitrogens with one attached hydrogen (secondary N) is 2. The molecule has 1 aliphatic carbocycles. The minimum Gasteiger partial charge on any atom is -0.347 e. The fourth-order valence-corrected chi connectivity index (χ4v) is 4.78. The molecule has 8 nitrogen and oxygen atoms in total. The number of hydrogen-bond acceptors (Lipinski definition) is 5. The number of rotatable bonds is 6. The highest BCUT2D eigenvalue weighted by Crippen LogP contribution is 2.35. The molecule has 2 amide bonds. The lowest BCUT2D eigenvalue weighted by Gasteiger charge is -2.16. The van der Waals surface area contributed by atoms with E-state index in [9.17, 15) is 27.6 Å². The first-order chi connectivity index (χ1) is 18.1. The van der Waals surface area contributed by atoms with Crippen molar-refractivity contribution >= 4 is 23.2 Å². The van der Waals surface area contributed by atoms with Crippen LogP contribution in [0.5, 0.6) is 0 Å². The van der Waals surface area contributed by atoms with Gasteiger partial charge in [0.25, 0.3) is 11.8 Å². The summed E-state index contributed by atoms with van der Waals surface area (Å²) in [5.74, 6) is -4.27. The maximum atomic E-state index is 14.4. The maximum absolute atomic E-state index is 14.4. The molecule has 2 aromatic carbocycles. The van der Waals surface area contributed by atoms with E-state index in [4.69, 9.17) is 0 Å². The van der Waals surface area contributed by atoms with Crippen molar-refractivity contribution in [2.45, 2.75) is 39.3 Å². The van der Waals surface area contributed by atoms with E-state index >= 15 is 0 Å². The number of nitrogens with zero attached hydrogens (tertiary/aromatic N) is 3. The van der Waals surface area contributed by atoms with Gasteiger partial charge in [0.2, 0.25) is 0 Å². The van der Waals surface area contributed by atoms with Crippen LogP contribution in [0.1, 0.15) is 73.0 Å². The molecule has 0 saturated heterocycles. The molecule has 0 unspecified atom stereocenters. The van der Waals surface area contributed by atoms with Crippen LogP contribution in [0.15, 0.2) is 42.6 Å². The second-order valence-corrected chi connectivity index (χ2v) is 9.11. The van der Waals surface area contributed by atoms with Crippen LogP contribution < -0.4 is 10.6 Å². The predicted octanol–water partition coefficient (Wildman–Crippen LogP) is 4.00. The van der Waals surface area contributed by atoms with Crippen LogP contribution in [0.3, 0.4) is 0 Å². The van der Waals surface area contributed by atoms with Crippen molar-refractivity contribution in [3.63, 3.8) is 0 Å². The summed E-state index contributed by atoms with van der Waals surface area (Å²) < 4.78 is 42.1. The van der Waals surface area contributed by atoms with Crippen molar-refractivity contribution in [3.05, 3.63) is 99.3 Å². The van der Waals surface area contributed by atoms with Crippen LogP contribution in [0.4, 0.5) is 13.2 Å². The van der Waals surface area contributed by atoms with Crippen LogP contribution in [0.2, 0.25) is 0 Å². The highest BCUT2D eigenvalue weighted by molar-refractivity contribution is 5.99. The second kappa shape index (κ2) is 9.73. The maximum Gasteiger partial charge on any atom is 0.270 e. The van der Waals surface area contributed by atoms with Gasteiger partial charge < -0.3 is 10.6 Å². The number of benzene rings is 2. The van der Waals surface area contributed by atoms with Crippen molar-refractivity contribution in [2.24, 2.45) is 0 Å². The molecule has 1 atom stereocenters. The van der Waals surface area contributed by atoms with Crippen LogP contribution >= 0.6 is 0 Å². The molecule has 2 aromatic heterocycles. The quantitative estimate of drug-likeness (QED) is 0.373. The van der Waals surface area contributed by atoms with E-state index in [0.717, 1.165) is 39.5 Å². The number of amides is 2. The first-order valence-electron chi connectivity index (χ1n) is 11.8. The number of fused-ring (bicyclic) bond motifs is 2. The summed E-state index contributed by atoms with van der Waals surface area (Å²) in [6.45, 7) is 3.24. The lowest BCUT2D eigenvalue weighted by atomic mass is 9.96. The summed E-state index contributed by atoms with van der Waals surface area (Å²) in [7, 11) is 0. The predicted molar refractivity (Wildman–Crippen MR) is 130 cm³/mol. The Balaban J connectivity index is 1.41. The van der Waals surface area contributed by atoms with Gasteiger partial charge >= 0.3 is 0 Å². The number of ketones is 1. The van der Waals surface area contributed by atoms with Gasteiger partial charge in [0, 0.05) is 18.2 Å². The van der Waals surface area contributed by atoms with Crippen LogP contribution in [-0.2, 0) is 13.0 Å². The molecule has 0 bridgehead atoms. The van der Waals surface area contributed by atoms with Crippen LogP contribution in [0.25, 0.3) is 5.65 Å². The number of Topliss-reactive ketones (excluding diaryl/α,β-unsaturated/α-hetero) is 1. The standard InChI is InChI=1S/C27H22F3N5O3/c1-13-16(14(2)36)4-5-18-17(13)6-8-22(18)34-27(38)24-10-23(33-25-21(30)12-32-35(24)25)26(37)31-11-15-3-7-19(28)20(29)9-15/h3-5,7,9-10,12,22H,6,8,11H2,1-2H3,(H,31,37)(H,34,38)/t22-/m0/s1. The third kappa shape index (κ3) is 4.51. The summed E-state index contributed by atoms with van der Waals surface area (Å²) in [5, 5.41) is 9.32. The zero-order chi connectivity index (χ0) is 27.1. The van der Waals surface area contributed by atoms with Crippen molar-refractivity contribution in [1.29, 1.82) is 0 Å². The molecule has 5 rings (SSSR count). The lowest BCUT2D eigenvalue weighted by Crippen LogP contribution is -2.30. The monoisotopic (exact) mass is 521 g/mol. The van der Waals surface area contributed by atoms with Gasteiger partial charge in [0.15, 0.2) is 28.9 Å². The van der Waals surface area contributed by atoms with E-state index in [-0.39, 0.29) is 35.4 Å². The van der Waals surface area contributed by atoms with Gasteiger partial charge in [-0.05, 0) is 61.1 Å². The normalized spacial score (nSPS) is 14.4. The van der Waals surface area contributed by atoms with Crippen LogP contribution in [0, 0.1) is 24.4 Å². The van der Waals surface area contributed by atoms with E-state index in [2.05, 4.69) is 20.7 Å². The molecular weight excluding hydrogens is 499 g/mol. The van der Waals surface area contributed by atoms with Gasteiger partial charge in [-0.3, -0.25) is 14.4 Å². The summed E-state index contributed by atoms with van der Waals surface area (Å²) in [5.41, 5.74) is 3.04. The smallest absolute Gasteiger partial charge is 0.270 e. The minimum absolute atomic E-state index is 0.0342. The zero-order valence-electron chi connectivity index (χ0n) is 20.4. The molecule has 0 fully saturated rings. The fraction of sp³-hybridized carbons (Fsp3) is 0.222. The SMILES string of the molecule is CC(=O)c1ccc2c(c1C)CC[C@@H]2NC(=O)c1cc(C(=O)NCc2ccc(F)c(F)c2)nc2c(F)cnn12. The molecule has 194 valence electrons. The van der Waals surface area contributed by atoms with E-state index < -0.39 is 29.3 Å². The Morgan fingerprint density at radius 2 is 1.82 bits per heavy atom. The summed E-state index contributed by atoms with van der Waals surface area (Å²) in [6, 6.07) is 7.59. The Morgan fingerprint density at radius 1 is 1.03 bits per heavy atom.